The number of benzene rings is 1. The highest BCUT2D eigenvalue weighted by Crippen LogP contribution is 2.48. The van der Waals surface area contributed by atoms with Crippen molar-refractivity contribution in [2.45, 2.75) is 30.8 Å². The Morgan fingerprint density at radius 1 is 1.32 bits per heavy atom. The lowest BCUT2D eigenvalue weighted by Crippen LogP contribution is -2.41. The van der Waals surface area contributed by atoms with Crippen molar-refractivity contribution in [3.8, 4) is 0 Å². The van der Waals surface area contributed by atoms with Gasteiger partial charge < -0.3 is 10.4 Å². The van der Waals surface area contributed by atoms with Crippen LogP contribution in [0.4, 0.5) is 13.2 Å². The van der Waals surface area contributed by atoms with Gasteiger partial charge >= 0.3 is 0 Å². The Morgan fingerprint density at radius 3 is 2.37 bits per heavy atom. The van der Waals surface area contributed by atoms with Crippen molar-refractivity contribution in [3.05, 3.63) is 35.6 Å². The summed E-state index contributed by atoms with van der Waals surface area (Å²) in [4.78, 5) is 12.0. The summed E-state index contributed by atoms with van der Waals surface area (Å²) in [5, 5.41) is 11.3. The normalized spacial score (nSPS) is 18.2. The van der Waals surface area contributed by atoms with Gasteiger partial charge in [-0.05, 0) is 30.5 Å². The van der Waals surface area contributed by atoms with Crippen LogP contribution in [-0.2, 0) is 10.2 Å². The van der Waals surface area contributed by atoms with Crippen LogP contribution in [0.1, 0.15) is 18.4 Å². The third-order valence-electron chi connectivity index (χ3n) is 3.34. The van der Waals surface area contributed by atoms with Gasteiger partial charge in [-0.3, -0.25) is 4.79 Å². The molecule has 2 N–H and O–H groups in total. The predicted molar refractivity (Wildman–Crippen MR) is 62.3 cm³/mol. The second kappa shape index (κ2) is 5.21. The van der Waals surface area contributed by atoms with Gasteiger partial charge in [-0.15, -0.1) is 0 Å². The van der Waals surface area contributed by atoms with Crippen LogP contribution in [0, 0.1) is 5.82 Å². The first-order chi connectivity index (χ1) is 8.95. The Bertz CT molecular complexity index is 457. The van der Waals surface area contributed by atoms with E-state index in [2.05, 4.69) is 5.32 Å². The van der Waals surface area contributed by atoms with Gasteiger partial charge in [0.15, 0.2) is 0 Å². The summed E-state index contributed by atoms with van der Waals surface area (Å²) in [5.41, 5.74) is -0.0897. The molecule has 1 unspecified atom stereocenters. The largest absolute Gasteiger partial charge is 0.385 e. The smallest absolute Gasteiger partial charge is 0.265 e. The summed E-state index contributed by atoms with van der Waals surface area (Å²) in [6, 6.07) is 5.56. The summed E-state index contributed by atoms with van der Waals surface area (Å²) in [6.45, 7) is -0.487. The van der Waals surface area contributed by atoms with Crippen LogP contribution in [0.2, 0.25) is 0 Å². The molecule has 1 aliphatic rings. The molecule has 1 fully saturated rings. The second-order valence-electron chi connectivity index (χ2n) is 4.70. The highest BCUT2D eigenvalue weighted by molar-refractivity contribution is 5.91. The number of alkyl halides is 2. The van der Waals surface area contributed by atoms with E-state index in [0.717, 1.165) is 0 Å². The van der Waals surface area contributed by atoms with Crippen LogP contribution < -0.4 is 5.32 Å². The molecule has 3 nitrogen and oxygen atoms in total. The maximum absolute atomic E-state index is 12.8. The molecule has 0 saturated heterocycles. The van der Waals surface area contributed by atoms with Gasteiger partial charge in [0, 0.05) is 6.54 Å². The van der Waals surface area contributed by atoms with Gasteiger partial charge in [-0.25, -0.2) is 13.2 Å². The Kier molecular flexibility index (Phi) is 3.80. The fraction of sp³-hybridized carbons (Fsp3) is 0.462. The quantitative estimate of drug-likeness (QED) is 0.856. The molecule has 0 spiro atoms. The molecule has 1 amide bonds. The molecule has 0 radical (unpaired) electrons. The van der Waals surface area contributed by atoms with E-state index in [1.165, 1.54) is 24.3 Å². The fourth-order valence-corrected chi connectivity index (χ4v) is 2.00. The standard InChI is InChI=1S/C13H14F3NO2/c14-9-3-1-8(2-4-9)13(5-6-13)12(19)17-7-10(18)11(15)16/h1-4,10-11,18H,5-7H2,(H,17,19). The lowest BCUT2D eigenvalue weighted by molar-refractivity contribution is -0.124. The van der Waals surface area contributed by atoms with Gasteiger partial charge in [0.25, 0.3) is 6.43 Å². The Labute approximate surface area is 108 Å². The van der Waals surface area contributed by atoms with Crippen molar-refractivity contribution >= 4 is 5.91 Å². The number of aliphatic hydroxyl groups is 1. The van der Waals surface area contributed by atoms with Crippen LogP contribution >= 0.6 is 0 Å². The molecule has 1 saturated carbocycles. The number of rotatable bonds is 5. The van der Waals surface area contributed by atoms with Crippen LogP contribution in [0.3, 0.4) is 0 Å². The average molecular weight is 273 g/mol. The molecule has 1 aliphatic carbocycles. The van der Waals surface area contributed by atoms with Crippen LogP contribution in [0.15, 0.2) is 24.3 Å². The molecule has 2 rings (SSSR count). The van der Waals surface area contributed by atoms with Crippen molar-refractivity contribution in [3.63, 3.8) is 0 Å². The molecule has 1 atom stereocenters. The molecule has 6 heteroatoms. The summed E-state index contributed by atoms with van der Waals surface area (Å²) >= 11 is 0. The first-order valence-corrected chi connectivity index (χ1v) is 5.96. The topological polar surface area (TPSA) is 49.3 Å². The first-order valence-electron chi connectivity index (χ1n) is 5.96. The van der Waals surface area contributed by atoms with E-state index in [9.17, 15) is 18.0 Å². The maximum atomic E-state index is 12.8. The third kappa shape index (κ3) is 2.89. The molecule has 19 heavy (non-hydrogen) atoms. The molecule has 0 heterocycles. The molecular weight excluding hydrogens is 259 g/mol. The van der Waals surface area contributed by atoms with Crippen molar-refractivity contribution < 1.29 is 23.1 Å². The number of halogens is 3. The summed E-state index contributed by atoms with van der Waals surface area (Å²) in [7, 11) is 0. The molecule has 0 aliphatic heterocycles. The Morgan fingerprint density at radius 2 is 1.89 bits per heavy atom. The van der Waals surface area contributed by atoms with Gasteiger partial charge in [-0.2, -0.15) is 0 Å². The first kappa shape index (κ1) is 13.9. The SMILES string of the molecule is O=C(NCC(O)C(F)F)C1(c2ccc(F)cc2)CC1. The molecule has 1 aromatic carbocycles. The zero-order chi connectivity index (χ0) is 14.0. The van der Waals surface area contributed by atoms with Crippen LogP contribution in [-0.4, -0.2) is 30.1 Å². The Hall–Kier alpha value is -1.56. The lowest BCUT2D eigenvalue weighted by atomic mass is 9.95. The van der Waals surface area contributed by atoms with E-state index in [1.54, 1.807) is 0 Å². The summed E-state index contributed by atoms with van der Waals surface area (Å²) in [6.07, 6.45) is -3.57. The van der Waals surface area contributed by atoms with E-state index < -0.39 is 36.2 Å². The predicted octanol–water partition coefficient (Wildman–Crippen LogP) is 1.60. The van der Waals surface area contributed by atoms with E-state index >= 15 is 0 Å². The van der Waals surface area contributed by atoms with E-state index in [4.69, 9.17) is 5.11 Å². The number of carbonyl (C=O) groups is 1. The highest BCUT2D eigenvalue weighted by Gasteiger charge is 2.51. The van der Waals surface area contributed by atoms with E-state index in [-0.39, 0.29) is 0 Å². The molecule has 1 aromatic rings. The van der Waals surface area contributed by atoms with Crippen molar-refractivity contribution in [2.75, 3.05) is 6.54 Å². The maximum Gasteiger partial charge on any atom is 0.265 e. The molecular formula is C13H14F3NO2. The zero-order valence-corrected chi connectivity index (χ0v) is 10.1. The number of hydrogen-bond acceptors (Lipinski definition) is 2. The van der Waals surface area contributed by atoms with Crippen LogP contribution in [0.5, 0.6) is 0 Å². The third-order valence-corrected chi connectivity index (χ3v) is 3.34. The van der Waals surface area contributed by atoms with Gasteiger partial charge in [0.05, 0.1) is 5.41 Å². The van der Waals surface area contributed by atoms with Crippen molar-refractivity contribution in [1.82, 2.24) is 5.32 Å². The van der Waals surface area contributed by atoms with Gasteiger partial charge in [0.2, 0.25) is 5.91 Å². The minimum Gasteiger partial charge on any atom is -0.385 e. The van der Waals surface area contributed by atoms with Crippen molar-refractivity contribution in [1.29, 1.82) is 0 Å². The highest BCUT2D eigenvalue weighted by atomic mass is 19.3. The van der Waals surface area contributed by atoms with Crippen LogP contribution in [0.25, 0.3) is 0 Å². The second-order valence-corrected chi connectivity index (χ2v) is 4.70. The number of carbonyl (C=O) groups excluding carboxylic acids is 1. The lowest BCUT2D eigenvalue weighted by Gasteiger charge is -2.17. The molecule has 0 aromatic heterocycles. The number of aliphatic hydroxyl groups excluding tert-OH is 1. The molecule has 104 valence electrons. The average Bonchev–Trinajstić information content (AvgIpc) is 3.17. The summed E-state index contributed by atoms with van der Waals surface area (Å²) < 4.78 is 37.1. The van der Waals surface area contributed by atoms with E-state index in [0.29, 0.717) is 18.4 Å². The monoisotopic (exact) mass is 273 g/mol. The number of nitrogens with one attached hydrogen (secondary N) is 1. The Balaban J connectivity index is 2.00. The number of hydrogen-bond donors (Lipinski definition) is 2. The minimum atomic E-state index is -2.89. The van der Waals surface area contributed by atoms with Gasteiger partial charge in [-0.1, -0.05) is 12.1 Å². The zero-order valence-electron chi connectivity index (χ0n) is 10.1. The number of amides is 1. The minimum absolute atomic E-state index is 0.395. The summed E-state index contributed by atoms with van der Waals surface area (Å²) in [5.74, 6) is -0.799. The van der Waals surface area contributed by atoms with Gasteiger partial charge in [0.1, 0.15) is 11.9 Å². The molecule has 0 bridgehead atoms. The fourth-order valence-electron chi connectivity index (χ4n) is 2.00. The van der Waals surface area contributed by atoms with E-state index in [1.807, 2.05) is 0 Å². The van der Waals surface area contributed by atoms with Crippen molar-refractivity contribution in [2.24, 2.45) is 0 Å².